The molecule has 1 unspecified atom stereocenters. The highest BCUT2D eigenvalue weighted by Crippen LogP contribution is 2.29. The maximum atomic E-state index is 13.5. The zero-order valence-corrected chi connectivity index (χ0v) is 9.66. The van der Waals surface area contributed by atoms with E-state index < -0.39 is 39.9 Å². The summed E-state index contributed by atoms with van der Waals surface area (Å²) in [6, 6.07) is 0.547. The molecule has 0 bridgehead atoms. The van der Waals surface area contributed by atoms with Gasteiger partial charge in [-0.15, -0.1) is 0 Å². The van der Waals surface area contributed by atoms with Gasteiger partial charge in [-0.1, -0.05) is 0 Å². The van der Waals surface area contributed by atoms with Crippen LogP contribution >= 0.6 is 0 Å². The highest BCUT2D eigenvalue weighted by Gasteiger charge is 2.24. The molecule has 0 fully saturated rings. The third kappa shape index (κ3) is 2.70. The minimum absolute atomic E-state index is 0.507. The molecule has 0 aliphatic heterocycles. The minimum atomic E-state index is -1.39. The number of nitrogens with zero attached hydrogens (tertiary/aromatic N) is 1. The quantitative estimate of drug-likeness (QED) is 0.632. The van der Waals surface area contributed by atoms with Crippen molar-refractivity contribution in [3.63, 3.8) is 0 Å². The Hall–Kier alpha value is -2.25. The van der Waals surface area contributed by atoms with Gasteiger partial charge in [0, 0.05) is 13.1 Å². The van der Waals surface area contributed by atoms with Gasteiger partial charge in [-0.05, 0) is 13.0 Å². The number of hydrogen-bond donors (Lipinski definition) is 2. The Morgan fingerprint density at radius 3 is 2.56 bits per heavy atom. The summed E-state index contributed by atoms with van der Waals surface area (Å²) in [4.78, 5) is 21.1. The van der Waals surface area contributed by atoms with E-state index in [4.69, 9.17) is 0 Å². The molecule has 0 spiro atoms. The van der Waals surface area contributed by atoms with Gasteiger partial charge in [-0.3, -0.25) is 14.9 Å². The predicted octanol–water partition coefficient (Wildman–Crippen LogP) is 1.42. The van der Waals surface area contributed by atoms with Crippen LogP contribution in [0.15, 0.2) is 12.1 Å². The van der Waals surface area contributed by atoms with Gasteiger partial charge in [-0.25, -0.2) is 8.78 Å². The van der Waals surface area contributed by atoms with Crippen LogP contribution in [-0.2, 0) is 4.79 Å². The Morgan fingerprint density at radius 1 is 1.44 bits per heavy atom. The first-order valence-corrected chi connectivity index (χ1v) is 4.99. The van der Waals surface area contributed by atoms with Gasteiger partial charge in [0.25, 0.3) is 5.69 Å². The smallest absolute Gasteiger partial charge is 0.295 e. The molecule has 1 aromatic carbocycles. The average molecular weight is 259 g/mol. The van der Waals surface area contributed by atoms with Crippen molar-refractivity contribution >= 4 is 17.3 Å². The number of hydrogen-bond acceptors (Lipinski definition) is 4. The van der Waals surface area contributed by atoms with Crippen LogP contribution in [-0.4, -0.2) is 23.9 Å². The van der Waals surface area contributed by atoms with E-state index in [-0.39, 0.29) is 0 Å². The Labute approximate surface area is 101 Å². The first kappa shape index (κ1) is 13.8. The standard InChI is InChI=1S/C10H11F2N3O3/c1-5(10(16)13-2)14-9-7(15(17)18)4-3-6(11)8(9)12/h3-5,14H,1-2H3,(H,13,16). The molecular formula is C10H11F2N3O3. The highest BCUT2D eigenvalue weighted by molar-refractivity contribution is 5.84. The lowest BCUT2D eigenvalue weighted by Gasteiger charge is -2.14. The van der Waals surface area contributed by atoms with Crippen molar-refractivity contribution in [1.82, 2.24) is 5.32 Å². The molecule has 1 amide bonds. The lowest BCUT2D eigenvalue weighted by atomic mass is 10.2. The molecule has 0 aliphatic carbocycles. The highest BCUT2D eigenvalue weighted by atomic mass is 19.2. The molecule has 0 saturated heterocycles. The monoisotopic (exact) mass is 259 g/mol. The van der Waals surface area contributed by atoms with Crippen molar-refractivity contribution in [1.29, 1.82) is 0 Å². The zero-order valence-electron chi connectivity index (χ0n) is 9.66. The van der Waals surface area contributed by atoms with Gasteiger partial charge < -0.3 is 10.6 Å². The van der Waals surface area contributed by atoms with E-state index in [0.29, 0.717) is 6.07 Å². The van der Waals surface area contributed by atoms with Crippen molar-refractivity contribution in [3.05, 3.63) is 33.9 Å². The molecule has 0 aliphatic rings. The summed E-state index contributed by atoms with van der Waals surface area (Å²) in [7, 11) is 1.36. The summed E-state index contributed by atoms with van der Waals surface area (Å²) < 4.78 is 26.5. The molecule has 98 valence electrons. The SMILES string of the molecule is CNC(=O)C(C)Nc1c([N+](=O)[O-])ccc(F)c1F. The molecule has 18 heavy (non-hydrogen) atoms. The Balaban J connectivity index is 3.17. The molecular weight excluding hydrogens is 248 g/mol. The van der Waals surface area contributed by atoms with E-state index in [1.807, 2.05) is 0 Å². The second-order valence-corrected chi connectivity index (χ2v) is 3.49. The van der Waals surface area contributed by atoms with E-state index in [1.165, 1.54) is 14.0 Å². The summed E-state index contributed by atoms with van der Waals surface area (Å²) in [5, 5.41) is 15.2. The number of carbonyl (C=O) groups is 1. The van der Waals surface area contributed by atoms with Gasteiger partial charge in [0.15, 0.2) is 17.3 Å². The predicted molar refractivity (Wildman–Crippen MR) is 60.2 cm³/mol. The average Bonchev–Trinajstić information content (AvgIpc) is 2.33. The fourth-order valence-corrected chi connectivity index (χ4v) is 1.33. The number of likely N-dealkylation sites (N-methyl/N-ethyl adjacent to an activating group) is 1. The van der Waals surface area contributed by atoms with Gasteiger partial charge >= 0.3 is 0 Å². The molecule has 1 atom stereocenters. The number of nitrogens with one attached hydrogen (secondary N) is 2. The second kappa shape index (κ2) is 5.39. The van der Waals surface area contributed by atoms with E-state index in [1.54, 1.807) is 0 Å². The normalized spacial score (nSPS) is 11.8. The van der Waals surface area contributed by atoms with Crippen LogP contribution < -0.4 is 10.6 Å². The molecule has 1 rings (SSSR count). The number of halogens is 2. The number of nitro groups is 1. The van der Waals surface area contributed by atoms with Crippen molar-refractivity contribution < 1.29 is 18.5 Å². The van der Waals surface area contributed by atoms with Crippen LogP contribution in [0.3, 0.4) is 0 Å². The van der Waals surface area contributed by atoms with Crippen LogP contribution in [0.5, 0.6) is 0 Å². The Bertz CT molecular complexity index is 494. The summed E-state index contributed by atoms with van der Waals surface area (Å²) in [6.07, 6.45) is 0. The van der Waals surface area contributed by atoms with E-state index in [9.17, 15) is 23.7 Å². The minimum Gasteiger partial charge on any atom is -0.366 e. The van der Waals surface area contributed by atoms with Crippen LogP contribution in [0.2, 0.25) is 0 Å². The number of nitro benzene ring substituents is 1. The lowest BCUT2D eigenvalue weighted by molar-refractivity contribution is -0.384. The number of rotatable bonds is 4. The maximum Gasteiger partial charge on any atom is 0.295 e. The molecule has 0 heterocycles. The van der Waals surface area contributed by atoms with Crippen molar-refractivity contribution in [2.75, 3.05) is 12.4 Å². The summed E-state index contributed by atoms with van der Waals surface area (Å²) in [6.45, 7) is 1.37. The maximum absolute atomic E-state index is 13.5. The number of benzene rings is 1. The van der Waals surface area contributed by atoms with Gasteiger partial charge in [0.2, 0.25) is 5.91 Å². The number of anilines is 1. The van der Waals surface area contributed by atoms with Crippen LogP contribution in [0.1, 0.15) is 6.92 Å². The number of carbonyl (C=O) groups excluding carboxylic acids is 1. The van der Waals surface area contributed by atoms with E-state index in [0.717, 1.165) is 6.07 Å². The molecule has 0 saturated carbocycles. The molecule has 0 radical (unpaired) electrons. The van der Waals surface area contributed by atoms with E-state index in [2.05, 4.69) is 10.6 Å². The molecule has 0 aromatic heterocycles. The van der Waals surface area contributed by atoms with Gasteiger partial charge in [0.1, 0.15) is 6.04 Å². The van der Waals surface area contributed by atoms with E-state index >= 15 is 0 Å². The topological polar surface area (TPSA) is 84.3 Å². The summed E-state index contributed by atoms with van der Waals surface area (Å²) in [5.41, 5.74) is -1.28. The Morgan fingerprint density at radius 2 is 2.06 bits per heavy atom. The fourth-order valence-electron chi connectivity index (χ4n) is 1.33. The van der Waals surface area contributed by atoms with Crippen LogP contribution in [0.25, 0.3) is 0 Å². The van der Waals surface area contributed by atoms with Crippen LogP contribution in [0, 0.1) is 21.7 Å². The lowest BCUT2D eigenvalue weighted by Crippen LogP contribution is -2.35. The van der Waals surface area contributed by atoms with Crippen molar-refractivity contribution in [3.8, 4) is 0 Å². The third-order valence-electron chi connectivity index (χ3n) is 2.27. The molecule has 6 nitrogen and oxygen atoms in total. The van der Waals surface area contributed by atoms with Gasteiger partial charge in [0.05, 0.1) is 4.92 Å². The van der Waals surface area contributed by atoms with Crippen LogP contribution in [0.4, 0.5) is 20.2 Å². The molecule has 8 heteroatoms. The molecule has 2 N–H and O–H groups in total. The first-order chi connectivity index (χ1) is 8.38. The fraction of sp³-hybridized carbons (Fsp3) is 0.300. The summed E-state index contributed by atoms with van der Waals surface area (Å²) >= 11 is 0. The second-order valence-electron chi connectivity index (χ2n) is 3.49. The zero-order chi connectivity index (χ0) is 13.9. The van der Waals surface area contributed by atoms with Crippen molar-refractivity contribution in [2.24, 2.45) is 0 Å². The Kier molecular flexibility index (Phi) is 4.13. The third-order valence-corrected chi connectivity index (χ3v) is 2.27. The summed E-state index contributed by atoms with van der Waals surface area (Å²) in [5.74, 6) is -3.12. The number of amides is 1. The van der Waals surface area contributed by atoms with Crippen molar-refractivity contribution in [2.45, 2.75) is 13.0 Å². The largest absolute Gasteiger partial charge is 0.366 e. The first-order valence-electron chi connectivity index (χ1n) is 4.99. The van der Waals surface area contributed by atoms with Gasteiger partial charge in [-0.2, -0.15) is 0 Å². The molecule has 1 aromatic rings.